The Morgan fingerprint density at radius 3 is 2.87 bits per heavy atom. The molecule has 2 aliphatic rings. The molecule has 1 unspecified atom stereocenters. The number of pyridine rings is 1. The van der Waals surface area contributed by atoms with E-state index in [1.165, 1.54) is 35.4 Å². The molecule has 4 N–H and O–H groups in total. The predicted octanol–water partition coefficient (Wildman–Crippen LogP) is 3.35. The summed E-state index contributed by atoms with van der Waals surface area (Å²) in [6.45, 7) is 7.12. The molecule has 5 rings (SSSR count). The summed E-state index contributed by atoms with van der Waals surface area (Å²) in [6, 6.07) is 12.7. The topological polar surface area (TPSA) is 83.3 Å². The summed E-state index contributed by atoms with van der Waals surface area (Å²) in [7, 11) is 0. The first-order valence-corrected chi connectivity index (χ1v) is 11.8. The highest BCUT2D eigenvalue weighted by Crippen LogP contribution is 2.38. The maximum Gasteiger partial charge on any atom is 0.263 e. The highest BCUT2D eigenvalue weighted by molar-refractivity contribution is 7.21. The van der Waals surface area contributed by atoms with Gasteiger partial charge in [-0.25, -0.2) is 4.98 Å². The molecule has 3 aromatic rings. The number of fused-ring (bicyclic) bond motifs is 1. The molecule has 2 fully saturated rings. The second-order valence-corrected chi connectivity index (χ2v) is 9.92. The van der Waals surface area contributed by atoms with E-state index < -0.39 is 0 Å². The van der Waals surface area contributed by atoms with Crippen LogP contribution in [-0.2, 0) is 6.42 Å². The monoisotopic (exact) mass is 435 g/mol. The van der Waals surface area contributed by atoms with Gasteiger partial charge < -0.3 is 21.3 Å². The smallest absolute Gasteiger partial charge is 0.263 e. The van der Waals surface area contributed by atoms with Crippen LogP contribution in [0.25, 0.3) is 10.2 Å². The number of rotatable bonds is 5. The number of amides is 1. The SMILES string of the molecule is Cc1ccc2c(N)c(C(=O)NCCc3ccc(N4CCC5(CCNC5)C4)cc3)sc2n1. The van der Waals surface area contributed by atoms with Crippen molar-refractivity contribution in [1.82, 2.24) is 15.6 Å². The standard InChI is InChI=1S/C24H29N5OS/c1-16-2-7-19-20(25)21(31-23(19)28-16)22(30)27-11-8-17-3-5-18(6-4-17)29-13-10-24(15-29)9-12-26-14-24/h2-7,26H,8-15,25H2,1H3,(H,27,30). The molecule has 0 bridgehead atoms. The second-order valence-electron chi connectivity index (χ2n) is 8.92. The third kappa shape index (κ3) is 4.00. The molecule has 7 heteroatoms. The molecule has 1 atom stereocenters. The molecule has 0 saturated carbocycles. The van der Waals surface area contributed by atoms with Gasteiger partial charge in [0.1, 0.15) is 9.71 Å². The van der Waals surface area contributed by atoms with Crippen molar-refractivity contribution in [2.75, 3.05) is 43.4 Å². The van der Waals surface area contributed by atoms with Gasteiger partial charge in [0.15, 0.2) is 0 Å². The molecule has 31 heavy (non-hydrogen) atoms. The van der Waals surface area contributed by atoms with Crippen molar-refractivity contribution in [3.63, 3.8) is 0 Å². The van der Waals surface area contributed by atoms with Crippen molar-refractivity contribution in [1.29, 1.82) is 0 Å². The first kappa shape index (κ1) is 20.3. The number of carbonyl (C=O) groups excluding carboxylic acids is 1. The van der Waals surface area contributed by atoms with Crippen LogP contribution in [0.15, 0.2) is 36.4 Å². The number of carbonyl (C=O) groups is 1. The highest BCUT2D eigenvalue weighted by atomic mass is 32.1. The Morgan fingerprint density at radius 1 is 1.26 bits per heavy atom. The fraction of sp³-hybridized carbons (Fsp3) is 0.417. The van der Waals surface area contributed by atoms with Gasteiger partial charge in [-0.15, -0.1) is 11.3 Å². The number of thiophene rings is 1. The Bertz CT molecular complexity index is 1100. The molecule has 4 heterocycles. The average Bonchev–Trinajstić information content (AvgIpc) is 3.49. The quantitative estimate of drug-likeness (QED) is 0.572. The average molecular weight is 436 g/mol. The van der Waals surface area contributed by atoms with Gasteiger partial charge in [0.05, 0.1) is 5.69 Å². The Balaban J connectivity index is 1.16. The summed E-state index contributed by atoms with van der Waals surface area (Å²) in [5.74, 6) is -0.123. The van der Waals surface area contributed by atoms with Crippen molar-refractivity contribution in [2.24, 2.45) is 5.41 Å². The van der Waals surface area contributed by atoms with E-state index in [0.717, 1.165) is 48.5 Å². The van der Waals surface area contributed by atoms with Crippen LogP contribution in [0, 0.1) is 12.3 Å². The summed E-state index contributed by atoms with van der Waals surface area (Å²) in [4.78, 5) is 21.0. The summed E-state index contributed by atoms with van der Waals surface area (Å²) in [5, 5.41) is 7.39. The first-order valence-electron chi connectivity index (χ1n) is 11.0. The molecule has 1 amide bonds. The lowest BCUT2D eigenvalue weighted by atomic mass is 9.86. The van der Waals surface area contributed by atoms with Crippen LogP contribution >= 0.6 is 11.3 Å². The van der Waals surface area contributed by atoms with Gasteiger partial charge in [-0.3, -0.25) is 4.79 Å². The molecule has 2 aliphatic heterocycles. The number of benzene rings is 1. The minimum absolute atomic E-state index is 0.123. The maximum absolute atomic E-state index is 12.6. The zero-order chi connectivity index (χ0) is 21.4. The Labute approximate surface area is 186 Å². The van der Waals surface area contributed by atoms with Gasteiger partial charge in [0.25, 0.3) is 5.91 Å². The molecule has 2 saturated heterocycles. The second kappa shape index (κ2) is 8.13. The Hall–Kier alpha value is -2.64. The van der Waals surface area contributed by atoms with Crippen molar-refractivity contribution >= 4 is 38.8 Å². The van der Waals surface area contributed by atoms with Crippen LogP contribution in [0.1, 0.15) is 33.8 Å². The molecule has 1 spiro atoms. The lowest BCUT2D eigenvalue weighted by Crippen LogP contribution is -2.29. The van der Waals surface area contributed by atoms with Crippen LogP contribution in [-0.4, -0.2) is 43.6 Å². The predicted molar refractivity (Wildman–Crippen MR) is 128 cm³/mol. The Kier molecular flexibility index (Phi) is 5.32. The largest absolute Gasteiger partial charge is 0.397 e. The Morgan fingerprint density at radius 2 is 2.10 bits per heavy atom. The number of nitrogens with one attached hydrogen (secondary N) is 2. The molecule has 2 aromatic heterocycles. The third-order valence-electron chi connectivity index (χ3n) is 6.71. The van der Waals surface area contributed by atoms with Gasteiger partial charge in [-0.1, -0.05) is 12.1 Å². The van der Waals surface area contributed by atoms with Gasteiger partial charge in [0, 0.05) is 48.4 Å². The molecule has 0 radical (unpaired) electrons. The number of hydrogen-bond donors (Lipinski definition) is 3. The van der Waals surface area contributed by atoms with Crippen LogP contribution in [0.5, 0.6) is 0 Å². The zero-order valence-corrected chi connectivity index (χ0v) is 18.7. The molecule has 6 nitrogen and oxygen atoms in total. The number of nitrogen functional groups attached to an aromatic ring is 1. The van der Waals surface area contributed by atoms with Gasteiger partial charge >= 0.3 is 0 Å². The molecule has 1 aromatic carbocycles. The zero-order valence-electron chi connectivity index (χ0n) is 17.9. The van der Waals surface area contributed by atoms with E-state index in [-0.39, 0.29) is 5.91 Å². The third-order valence-corrected chi connectivity index (χ3v) is 7.82. The minimum atomic E-state index is -0.123. The van der Waals surface area contributed by atoms with Crippen molar-refractivity contribution < 1.29 is 4.79 Å². The molecule has 0 aliphatic carbocycles. The summed E-state index contributed by atoms with van der Waals surface area (Å²) < 4.78 is 0. The number of aryl methyl sites for hydroxylation is 1. The van der Waals surface area contributed by atoms with Crippen molar-refractivity contribution in [2.45, 2.75) is 26.2 Å². The number of aromatic nitrogens is 1. The normalized spacial score (nSPS) is 20.7. The van der Waals surface area contributed by atoms with Crippen LogP contribution in [0.2, 0.25) is 0 Å². The van der Waals surface area contributed by atoms with E-state index in [2.05, 4.69) is 44.8 Å². The van der Waals surface area contributed by atoms with E-state index in [4.69, 9.17) is 5.73 Å². The summed E-state index contributed by atoms with van der Waals surface area (Å²) in [5.41, 5.74) is 10.6. The van der Waals surface area contributed by atoms with Crippen molar-refractivity contribution in [3.8, 4) is 0 Å². The lowest BCUT2D eigenvalue weighted by Gasteiger charge is -2.24. The molecular formula is C24H29N5OS. The van der Waals surface area contributed by atoms with Gasteiger partial charge in [-0.2, -0.15) is 0 Å². The fourth-order valence-corrected chi connectivity index (χ4v) is 5.89. The number of anilines is 2. The van der Waals surface area contributed by atoms with Crippen LogP contribution < -0.4 is 21.3 Å². The van der Waals surface area contributed by atoms with E-state index in [9.17, 15) is 4.79 Å². The first-order chi connectivity index (χ1) is 15.0. The number of nitrogens with zero attached hydrogens (tertiary/aromatic N) is 2. The van der Waals surface area contributed by atoms with Crippen molar-refractivity contribution in [3.05, 3.63) is 52.5 Å². The van der Waals surface area contributed by atoms with Gasteiger partial charge in [0.2, 0.25) is 0 Å². The van der Waals surface area contributed by atoms with E-state index in [1.54, 1.807) is 0 Å². The van der Waals surface area contributed by atoms with Crippen LogP contribution in [0.4, 0.5) is 11.4 Å². The molecule has 162 valence electrons. The summed E-state index contributed by atoms with van der Waals surface area (Å²) >= 11 is 1.36. The van der Waals surface area contributed by atoms with E-state index in [0.29, 0.717) is 22.5 Å². The number of nitrogens with two attached hydrogens (primary N) is 1. The molecular weight excluding hydrogens is 406 g/mol. The minimum Gasteiger partial charge on any atom is -0.397 e. The van der Waals surface area contributed by atoms with Crippen LogP contribution in [0.3, 0.4) is 0 Å². The van der Waals surface area contributed by atoms with E-state index in [1.807, 2.05) is 19.1 Å². The maximum atomic E-state index is 12.6. The lowest BCUT2D eigenvalue weighted by molar-refractivity contribution is 0.0959. The van der Waals surface area contributed by atoms with Gasteiger partial charge in [-0.05, 0) is 62.6 Å². The highest BCUT2D eigenvalue weighted by Gasteiger charge is 2.40. The van der Waals surface area contributed by atoms with E-state index >= 15 is 0 Å². The number of hydrogen-bond acceptors (Lipinski definition) is 6. The fourth-order valence-electron chi connectivity index (χ4n) is 4.83. The summed E-state index contributed by atoms with van der Waals surface area (Å²) in [6.07, 6.45) is 3.37.